The Morgan fingerprint density at radius 1 is 0.870 bits per heavy atom. The number of ether oxygens (including phenoxy) is 3. The number of fused-ring (bicyclic) bond motifs is 1. The normalized spacial score (nSPS) is 15.3. The molecule has 0 N–H and O–H groups in total. The molecule has 1 aliphatic rings. The Labute approximate surface area is 269 Å². The summed E-state index contributed by atoms with van der Waals surface area (Å²) >= 11 is 0. The largest absolute Gasteiger partial charge is 0.473 e. The zero-order valence-corrected chi connectivity index (χ0v) is 26.8. The monoisotopic (exact) mass is 620 g/mol. The fraction of sp³-hybridized carbons (Fsp3) is 0.324. The lowest BCUT2D eigenvalue weighted by Gasteiger charge is -2.22. The first-order valence-electron chi connectivity index (χ1n) is 15.6. The van der Waals surface area contributed by atoms with Gasteiger partial charge in [-0.25, -0.2) is 4.79 Å². The van der Waals surface area contributed by atoms with Gasteiger partial charge in [-0.15, -0.1) is 0 Å². The number of hydrogen-bond acceptors (Lipinski definition) is 7. The molecule has 0 radical (unpaired) electrons. The standard InChI is InChI=1S/C37H40N4O5/c1-37(2,3)46-34(42)23-40-20-19-29(22-40)28-15-16-30-32(21-28)39(4)36(43)41(30)31-17-18-33(44-24-26-11-7-5-8-12-26)38-35(31)45-25-27-13-9-6-10-14-27/h5-18,21,29H,19-20,22-25H2,1-4H3/t29-/m1/s1. The lowest BCUT2D eigenvalue weighted by atomic mass is 9.98. The molecule has 1 saturated heterocycles. The van der Waals surface area contributed by atoms with Gasteiger partial charge in [0.15, 0.2) is 0 Å². The summed E-state index contributed by atoms with van der Waals surface area (Å²) in [4.78, 5) is 33.0. The molecule has 1 fully saturated rings. The van der Waals surface area contributed by atoms with Gasteiger partial charge in [0.2, 0.25) is 11.8 Å². The molecule has 9 nitrogen and oxygen atoms in total. The van der Waals surface area contributed by atoms with E-state index in [4.69, 9.17) is 19.2 Å². The maximum atomic E-state index is 13.8. The minimum atomic E-state index is -0.503. The van der Waals surface area contributed by atoms with Crippen molar-refractivity contribution >= 4 is 17.0 Å². The summed E-state index contributed by atoms with van der Waals surface area (Å²) in [6, 6.07) is 29.5. The van der Waals surface area contributed by atoms with E-state index < -0.39 is 5.60 Å². The highest BCUT2D eigenvalue weighted by Gasteiger charge is 2.28. The predicted molar refractivity (Wildman–Crippen MR) is 178 cm³/mol. The number of esters is 1. The molecule has 5 aromatic rings. The van der Waals surface area contributed by atoms with Crippen molar-refractivity contribution in [1.29, 1.82) is 0 Å². The molecule has 9 heteroatoms. The molecular formula is C37H40N4O5. The first-order valence-corrected chi connectivity index (χ1v) is 15.6. The van der Waals surface area contributed by atoms with Gasteiger partial charge in [-0.3, -0.25) is 18.8 Å². The first-order chi connectivity index (χ1) is 22.1. The van der Waals surface area contributed by atoms with Crippen LogP contribution in [0.2, 0.25) is 0 Å². The Morgan fingerprint density at radius 3 is 2.22 bits per heavy atom. The Bertz CT molecular complexity index is 1880. The van der Waals surface area contributed by atoms with E-state index in [9.17, 15) is 9.59 Å². The van der Waals surface area contributed by atoms with Crippen LogP contribution < -0.4 is 15.2 Å². The van der Waals surface area contributed by atoms with E-state index >= 15 is 0 Å². The predicted octanol–water partition coefficient (Wildman–Crippen LogP) is 6.01. The van der Waals surface area contributed by atoms with Crippen molar-refractivity contribution < 1.29 is 19.0 Å². The quantitative estimate of drug-likeness (QED) is 0.177. The molecule has 46 heavy (non-hydrogen) atoms. The maximum absolute atomic E-state index is 13.8. The van der Waals surface area contributed by atoms with Crippen molar-refractivity contribution in [2.75, 3.05) is 19.6 Å². The summed E-state index contributed by atoms with van der Waals surface area (Å²) in [5.74, 6) is 0.751. The summed E-state index contributed by atoms with van der Waals surface area (Å²) in [5.41, 5.74) is 4.54. The number of hydrogen-bond donors (Lipinski definition) is 0. The number of pyridine rings is 1. The highest BCUT2D eigenvalue weighted by molar-refractivity contribution is 5.79. The van der Waals surface area contributed by atoms with Gasteiger partial charge in [-0.2, -0.15) is 4.98 Å². The van der Waals surface area contributed by atoms with E-state index in [1.807, 2.05) is 93.6 Å². The van der Waals surface area contributed by atoms with Crippen molar-refractivity contribution in [2.45, 2.75) is 51.9 Å². The minimum absolute atomic E-state index is 0.200. The maximum Gasteiger partial charge on any atom is 0.333 e. The first kappa shape index (κ1) is 31.1. The van der Waals surface area contributed by atoms with Gasteiger partial charge in [0.05, 0.1) is 17.6 Å². The lowest BCUT2D eigenvalue weighted by molar-refractivity contribution is -0.155. The molecule has 0 spiro atoms. The molecule has 1 aliphatic heterocycles. The van der Waals surface area contributed by atoms with E-state index in [1.165, 1.54) is 0 Å². The molecule has 1 atom stereocenters. The van der Waals surface area contributed by atoms with Crippen LogP contribution in [0.4, 0.5) is 0 Å². The Kier molecular flexibility index (Phi) is 8.94. The van der Waals surface area contributed by atoms with Gasteiger partial charge >= 0.3 is 11.7 Å². The van der Waals surface area contributed by atoms with Crippen LogP contribution in [-0.2, 0) is 29.8 Å². The van der Waals surface area contributed by atoms with Crippen LogP contribution in [0.15, 0.2) is 95.8 Å². The van der Waals surface area contributed by atoms with E-state index in [1.54, 1.807) is 22.2 Å². The van der Waals surface area contributed by atoms with Crippen LogP contribution in [0.3, 0.4) is 0 Å². The van der Waals surface area contributed by atoms with Crippen LogP contribution in [-0.4, -0.2) is 50.2 Å². The molecule has 238 valence electrons. The van der Waals surface area contributed by atoms with Crippen LogP contribution in [0.25, 0.3) is 16.7 Å². The summed E-state index contributed by atoms with van der Waals surface area (Å²) in [6.07, 6.45) is 0.925. The molecule has 0 bridgehead atoms. The molecule has 2 aromatic heterocycles. The summed E-state index contributed by atoms with van der Waals surface area (Å²) in [6.45, 7) is 8.13. The third-order valence-corrected chi connectivity index (χ3v) is 8.10. The number of carbonyl (C=O) groups is 1. The van der Waals surface area contributed by atoms with Gasteiger partial charge in [-0.05, 0) is 74.5 Å². The highest BCUT2D eigenvalue weighted by Crippen LogP contribution is 2.32. The van der Waals surface area contributed by atoms with Crippen molar-refractivity contribution in [3.8, 4) is 17.4 Å². The summed E-state index contributed by atoms with van der Waals surface area (Å²) in [7, 11) is 1.78. The number of likely N-dealkylation sites (tertiary alicyclic amines) is 1. The van der Waals surface area contributed by atoms with Crippen LogP contribution in [0.1, 0.15) is 49.8 Å². The lowest BCUT2D eigenvalue weighted by Crippen LogP contribution is -2.33. The number of imidazole rings is 1. The number of aromatic nitrogens is 3. The zero-order valence-electron chi connectivity index (χ0n) is 26.8. The highest BCUT2D eigenvalue weighted by atomic mass is 16.6. The number of benzene rings is 3. The number of rotatable bonds is 10. The molecular weight excluding hydrogens is 580 g/mol. The third-order valence-electron chi connectivity index (χ3n) is 8.10. The number of aryl methyl sites for hydroxylation is 1. The van der Waals surface area contributed by atoms with Crippen LogP contribution in [0, 0.1) is 0 Å². The molecule has 3 aromatic carbocycles. The van der Waals surface area contributed by atoms with Gasteiger partial charge in [0.25, 0.3) is 0 Å². The smallest absolute Gasteiger partial charge is 0.333 e. The van der Waals surface area contributed by atoms with Crippen LogP contribution >= 0.6 is 0 Å². The molecule has 0 saturated carbocycles. The van der Waals surface area contributed by atoms with Gasteiger partial charge in [0, 0.05) is 19.7 Å². The van der Waals surface area contributed by atoms with E-state index in [0.717, 1.165) is 47.2 Å². The minimum Gasteiger partial charge on any atom is -0.473 e. The van der Waals surface area contributed by atoms with E-state index in [-0.39, 0.29) is 30.7 Å². The number of carbonyl (C=O) groups excluding carboxylic acids is 1. The van der Waals surface area contributed by atoms with E-state index in [0.29, 0.717) is 24.1 Å². The van der Waals surface area contributed by atoms with Crippen molar-refractivity contribution in [3.05, 3.63) is 118 Å². The SMILES string of the molecule is Cn1c(=O)n(-c2ccc(OCc3ccccc3)nc2OCc2ccccc2)c2ccc([C@@H]3CCN(CC(=O)OC(C)(C)C)C3)cc21. The van der Waals surface area contributed by atoms with E-state index in [2.05, 4.69) is 17.0 Å². The Morgan fingerprint density at radius 2 is 1.54 bits per heavy atom. The molecule has 0 aliphatic carbocycles. The Balaban J connectivity index is 1.28. The van der Waals surface area contributed by atoms with Crippen molar-refractivity contribution in [1.82, 2.24) is 19.0 Å². The second-order valence-corrected chi connectivity index (χ2v) is 12.8. The molecule has 0 amide bonds. The van der Waals surface area contributed by atoms with Gasteiger partial charge < -0.3 is 14.2 Å². The molecule has 6 rings (SSSR count). The Hall–Kier alpha value is -4.89. The van der Waals surface area contributed by atoms with Crippen molar-refractivity contribution in [2.24, 2.45) is 7.05 Å². The van der Waals surface area contributed by atoms with Crippen molar-refractivity contribution in [3.63, 3.8) is 0 Å². The van der Waals surface area contributed by atoms with Crippen LogP contribution in [0.5, 0.6) is 11.8 Å². The fourth-order valence-corrected chi connectivity index (χ4v) is 5.88. The van der Waals surface area contributed by atoms with Gasteiger partial charge in [0.1, 0.15) is 24.5 Å². The fourth-order valence-electron chi connectivity index (χ4n) is 5.88. The summed E-state index contributed by atoms with van der Waals surface area (Å²) in [5, 5.41) is 0. The second-order valence-electron chi connectivity index (χ2n) is 12.8. The average Bonchev–Trinajstić information content (AvgIpc) is 3.60. The third kappa shape index (κ3) is 7.15. The summed E-state index contributed by atoms with van der Waals surface area (Å²) < 4.78 is 21.1. The molecule has 0 unspecified atom stereocenters. The second kappa shape index (κ2) is 13.2. The van der Waals surface area contributed by atoms with Gasteiger partial charge in [-0.1, -0.05) is 66.7 Å². The molecule has 3 heterocycles. The topological polar surface area (TPSA) is 87.8 Å². The average molecular weight is 621 g/mol. The number of nitrogens with zero attached hydrogens (tertiary/aromatic N) is 4. The zero-order chi connectivity index (χ0) is 32.3.